The van der Waals surface area contributed by atoms with Gasteiger partial charge in [-0.05, 0) is 82.9 Å². The number of nitrogens with zero attached hydrogens (tertiary/aromatic N) is 1. The molecule has 0 aliphatic carbocycles. The number of para-hydroxylation sites is 2. The molecule has 0 unspecified atom stereocenters. The molecule has 6 aromatic carbocycles. The van der Waals surface area contributed by atoms with Gasteiger partial charge >= 0.3 is 0 Å². The quantitative estimate of drug-likeness (QED) is 0.209. The molecule has 0 aliphatic heterocycles. The van der Waals surface area contributed by atoms with Gasteiger partial charge in [0.2, 0.25) is 0 Å². The molecule has 2 aromatic heterocycles. The number of hydrogen-bond acceptors (Lipinski definition) is 1. The highest BCUT2D eigenvalue weighted by molar-refractivity contribution is 9.10. The summed E-state index contributed by atoms with van der Waals surface area (Å²) in [5, 5.41) is 4.77. The van der Waals surface area contributed by atoms with Gasteiger partial charge in [0.1, 0.15) is 11.2 Å². The molecule has 0 N–H and O–H groups in total. The maximum Gasteiger partial charge on any atom is 0.135 e. The standard InChI is InChI=1S/C36H22BrNO/c37-27-15-12-23(13-16-27)24-6-5-7-25(20-24)26-14-18-34-31(21-26)29-8-1-3-10-33(29)38(34)28-17-19-36-32(22-28)30-9-2-4-11-35(30)39-36/h1-22H. The lowest BCUT2D eigenvalue weighted by Gasteiger charge is -2.09. The number of hydrogen-bond donors (Lipinski definition) is 0. The lowest BCUT2D eigenvalue weighted by atomic mass is 9.98. The minimum Gasteiger partial charge on any atom is -0.456 e. The summed E-state index contributed by atoms with van der Waals surface area (Å²) < 4.78 is 9.56. The van der Waals surface area contributed by atoms with Crippen LogP contribution in [0, 0.1) is 0 Å². The minimum absolute atomic E-state index is 0.911. The van der Waals surface area contributed by atoms with Gasteiger partial charge in [-0.3, -0.25) is 0 Å². The van der Waals surface area contributed by atoms with Crippen molar-refractivity contribution in [2.75, 3.05) is 0 Å². The molecule has 0 amide bonds. The van der Waals surface area contributed by atoms with E-state index < -0.39 is 0 Å². The van der Waals surface area contributed by atoms with Crippen molar-refractivity contribution in [1.82, 2.24) is 4.57 Å². The number of benzene rings is 6. The zero-order chi connectivity index (χ0) is 25.9. The van der Waals surface area contributed by atoms with Crippen LogP contribution in [0.5, 0.6) is 0 Å². The van der Waals surface area contributed by atoms with Crippen LogP contribution in [0.4, 0.5) is 0 Å². The Kier molecular flexibility index (Phi) is 5.01. The van der Waals surface area contributed by atoms with Crippen LogP contribution in [-0.4, -0.2) is 4.57 Å². The molecule has 0 bridgehead atoms. The van der Waals surface area contributed by atoms with Crippen LogP contribution in [-0.2, 0) is 0 Å². The lowest BCUT2D eigenvalue weighted by Crippen LogP contribution is -1.93. The zero-order valence-electron chi connectivity index (χ0n) is 20.9. The highest BCUT2D eigenvalue weighted by Gasteiger charge is 2.15. The summed E-state index contributed by atoms with van der Waals surface area (Å²) in [5.74, 6) is 0. The summed E-state index contributed by atoms with van der Waals surface area (Å²) >= 11 is 3.54. The van der Waals surface area contributed by atoms with Crippen LogP contribution in [0.2, 0.25) is 0 Å². The molecule has 0 aliphatic rings. The number of halogens is 1. The molecule has 0 fully saturated rings. The number of fused-ring (bicyclic) bond motifs is 6. The van der Waals surface area contributed by atoms with Crippen molar-refractivity contribution in [2.45, 2.75) is 0 Å². The second-order valence-corrected chi connectivity index (χ2v) is 10.9. The Morgan fingerprint density at radius 3 is 1.97 bits per heavy atom. The van der Waals surface area contributed by atoms with E-state index in [9.17, 15) is 0 Å². The molecular formula is C36H22BrNO. The van der Waals surface area contributed by atoms with Crippen LogP contribution in [0.15, 0.2) is 142 Å². The monoisotopic (exact) mass is 563 g/mol. The van der Waals surface area contributed by atoms with Crippen molar-refractivity contribution in [3.63, 3.8) is 0 Å². The van der Waals surface area contributed by atoms with Crippen LogP contribution in [0.3, 0.4) is 0 Å². The number of furan rings is 1. The molecule has 8 aromatic rings. The van der Waals surface area contributed by atoms with E-state index in [1.165, 1.54) is 44.1 Å². The average molecular weight is 564 g/mol. The van der Waals surface area contributed by atoms with Gasteiger partial charge in [-0.15, -0.1) is 0 Å². The van der Waals surface area contributed by atoms with Gasteiger partial charge < -0.3 is 8.98 Å². The van der Waals surface area contributed by atoms with Gasteiger partial charge in [-0.2, -0.15) is 0 Å². The van der Waals surface area contributed by atoms with Crippen LogP contribution in [0.1, 0.15) is 0 Å². The van der Waals surface area contributed by atoms with E-state index in [1.54, 1.807) is 0 Å². The van der Waals surface area contributed by atoms with Crippen molar-refractivity contribution < 1.29 is 4.42 Å². The van der Waals surface area contributed by atoms with E-state index >= 15 is 0 Å². The average Bonchev–Trinajstić information content (AvgIpc) is 3.52. The Labute approximate surface area is 233 Å². The number of rotatable bonds is 3. The van der Waals surface area contributed by atoms with E-state index in [-0.39, 0.29) is 0 Å². The Balaban J connectivity index is 1.31. The van der Waals surface area contributed by atoms with Crippen molar-refractivity contribution in [2.24, 2.45) is 0 Å². The summed E-state index contributed by atoms with van der Waals surface area (Å²) in [5.41, 5.74) is 10.2. The van der Waals surface area contributed by atoms with Gasteiger partial charge in [0.05, 0.1) is 11.0 Å². The number of aromatic nitrogens is 1. The maximum atomic E-state index is 6.10. The largest absolute Gasteiger partial charge is 0.456 e. The molecule has 184 valence electrons. The SMILES string of the molecule is Brc1ccc(-c2cccc(-c3ccc4c(c3)c3ccccc3n4-c3ccc4oc5ccccc5c4c3)c2)cc1. The highest BCUT2D eigenvalue weighted by Crippen LogP contribution is 2.37. The Morgan fingerprint density at radius 1 is 0.436 bits per heavy atom. The second-order valence-electron chi connectivity index (χ2n) is 9.95. The fourth-order valence-electron chi connectivity index (χ4n) is 5.80. The van der Waals surface area contributed by atoms with Crippen molar-refractivity contribution in [1.29, 1.82) is 0 Å². The summed E-state index contributed by atoms with van der Waals surface area (Å²) in [6.45, 7) is 0. The highest BCUT2D eigenvalue weighted by atomic mass is 79.9. The first kappa shape index (κ1) is 22.4. The van der Waals surface area contributed by atoms with Gasteiger partial charge in [-0.25, -0.2) is 0 Å². The molecule has 2 nitrogen and oxygen atoms in total. The van der Waals surface area contributed by atoms with Crippen LogP contribution < -0.4 is 0 Å². The molecule has 0 saturated carbocycles. The molecule has 0 spiro atoms. The van der Waals surface area contributed by atoms with Crippen LogP contribution in [0.25, 0.3) is 71.7 Å². The summed E-state index contributed by atoms with van der Waals surface area (Å²) in [4.78, 5) is 0. The third kappa shape index (κ3) is 3.62. The normalized spacial score (nSPS) is 11.7. The van der Waals surface area contributed by atoms with Gasteiger partial charge in [0, 0.05) is 31.7 Å². The van der Waals surface area contributed by atoms with E-state index in [1.807, 2.05) is 12.1 Å². The third-order valence-corrected chi connectivity index (χ3v) is 8.19. The van der Waals surface area contributed by atoms with Crippen molar-refractivity contribution in [3.8, 4) is 27.9 Å². The van der Waals surface area contributed by atoms with Gasteiger partial charge in [0.15, 0.2) is 0 Å². The Hall–Kier alpha value is -4.60. The van der Waals surface area contributed by atoms with Gasteiger partial charge in [-0.1, -0.05) is 88.7 Å². The maximum absolute atomic E-state index is 6.10. The Morgan fingerprint density at radius 2 is 1.10 bits per heavy atom. The second kappa shape index (κ2) is 8.72. The zero-order valence-corrected chi connectivity index (χ0v) is 22.5. The first-order valence-electron chi connectivity index (χ1n) is 13.0. The molecular weight excluding hydrogens is 542 g/mol. The molecule has 0 saturated heterocycles. The predicted octanol–water partition coefficient (Wildman–Crippen LogP) is 10.8. The summed E-state index contributed by atoms with van der Waals surface area (Å²) in [6, 6.07) is 47.5. The fourth-order valence-corrected chi connectivity index (χ4v) is 6.07. The van der Waals surface area contributed by atoms with Crippen molar-refractivity contribution in [3.05, 3.63) is 138 Å². The molecule has 3 heteroatoms. The molecule has 8 rings (SSSR count). The first-order chi connectivity index (χ1) is 19.2. The first-order valence-corrected chi connectivity index (χ1v) is 13.8. The molecule has 39 heavy (non-hydrogen) atoms. The van der Waals surface area contributed by atoms with E-state index in [0.29, 0.717) is 0 Å². The lowest BCUT2D eigenvalue weighted by molar-refractivity contribution is 0.669. The summed E-state index contributed by atoms with van der Waals surface area (Å²) in [6.07, 6.45) is 0. The smallest absolute Gasteiger partial charge is 0.135 e. The molecule has 0 radical (unpaired) electrons. The molecule has 2 heterocycles. The Bertz CT molecular complexity index is 2180. The van der Waals surface area contributed by atoms with Crippen molar-refractivity contribution >= 4 is 59.7 Å². The van der Waals surface area contributed by atoms with Crippen LogP contribution >= 0.6 is 15.9 Å². The minimum atomic E-state index is 0.911. The van der Waals surface area contributed by atoms with E-state index in [0.717, 1.165) is 32.1 Å². The molecule has 0 atom stereocenters. The topological polar surface area (TPSA) is 18.1 Å². The van der Waals surface area contributed by atoms with E-state index in [4.69, 9.17) is 4.42 Å². The van der Waals surface area contributed by atoms with Gasteiger partial charge in [0.25, 0.3) is 0 Å². The summed E-state index contributed by atoms with van der Waals surface area (Å²) in [7, 11) is 0. The fraction of sp³-hybridized carbons (Fsp3) is 0. The third-order valence-electron chi connectivity index (χ3n) is 7.66. The predicted molar refractivity (Wildman–Crippen MR) is 167 cm³/mol. The van der Waals surface area contributed by atoms with E-state index in [2.05, 4.69) is 142 Å².